The predicted octanol–water partition coefficient (Wildman–Crippen LogP) is 7.51. The Morgan fingerprint density at radius 2 is 1.53 bits per heavy atom. The molecular weight excluding hydrogens is 390 g/mol. The molecule has 2 heteroatoms. The highest BCUT2D eigenvalue weighted by Crippen LogP contribution is 2.39. The fourth-order valence-corrected chi connectivity index (χ4v) is 4.75. The second-order valence-corrected chi connectivity index (χ2v) is 8.71. The highest BCUT2D eigenvalue weighted by atomic mass is 16.3. The third-order valence-corrected chi connectivity index (χ3v) is 6.48. The molecule has 0 aliphatic rings. The molecule has 0 radical (unpaired) electrons. The minimum atomic E-state index is 0.935. The van der Waals surface area contributed by atoms with Gasteiger partial charge >= 0.3 is 0 Å². The smallest absolute Gasteiger partial charge is 0.216 e. The van der Waals surface area contributed by atoms with E-state index in [0.29, 0.717) is 0 Å². The molecule has 32 heavy (non-hydrogen) atoms. The molecule has 0 unspecified atom stereocenters. The summed E-state index contributed by atoms with van der Waals surface area (Å²) in [6.07, 6.45) is 2.13. The molecule has 0 spiro atoms. The number of aromatic nitrogens is 1. The van der Waals surface area contributed by atoms with E-state index in [-0.39, 0.29) is 0 Å². The van der Waals surface area contributed by atoms with Crippen LogP contribution in [0, 0.1) is 13.8 Å². The number of hydrogen-bond donors (Lipinski definition) is 0. The number of aryl methyl sites for hydroxylation is 3. The van der Waals surface area contributed by atoms with Crippen molar-refractivity contribution in [3.8, 4) is 22.4 Å². The maximum atomic E-state index is 6.54. The van der Waals surface area contributed by atoms with Gasteiger partial charge in [0.25, 0.3) is 0 Å². The molecule has 0 atom stereocenters. The first-order valence-electron chi connectivity index (χ1n) is 11.0. The van der Waals surface area contributed by atoms with E-state index in [9.17, 15) is 0 Å². The van der Waals surface area contributed by atoms with Crippen LogP contribution < -0.4 is 4.57 Å². The lowest BCUT2D eigenvalue weighted by molar-refractivity contribution is -0.660. The van der Waals surface area contributed by atoms with Gasteiger partial charge < -0.3 is 4.42 Å². The third kappa shape index (κ3) is 2.91. The van der Waals surface area contributed by atoms with Crippen molar-refractivity contribution in [1.29, 1.82) is 0 Å². The summed E-state index contributed by atoms with van der Waals surface area (Å²) in [6.45, 7) is 4.30. The van der Waals surface area contributed by atoms with Crippen LogP contribution in [0.1, 0.15) is 11.1 Å². The van der Waals surface area contributed by atoms with Gasteiger partial charge in [-0.3, -0.25) is 0 Å². The monoisotopic (exact) mass is 414 g/mol. The number of rotatable bonds is 2. The van der Waals surface area contributed by atoms with Gasteiger partial charge in [-0.25, -0.2) is 4.57 Å². The van der Waals surface area contributed by atoms with E-state index in [1.165, 1.54) is 38.4 Å². The molecule has 2 nitrogen and oxygen atoms in total. The Labute approximate surface area is 187 Å². The van der Waals surface area contributed by atoms with Gasteiger partial charge in [-0.15, -0.1) is 0 Å². The lowest BCUT2D eigenvalue weighted by Gasteiger charge is -2.08. The molecule has 0 fully saturated rings. The molecule has 154 valence electrons. The summed E-state index contributed by atoms with van der Waals surface area (Å²) in [7, 11) is 2.10. The second kappa shape index (κ2) is 7.06. The fourth-order valence-electron chi connectivity index (χ4n) is 4.75. The van der Waals surface area contributed by atoms with Crippen molar-refractivity contribution in [3.63, 3.8) is 0 Å². The first-order valence-corrected chi connectivity index (χ1v) is 11.0. The molecule has 0 aliphatic heterocycles. The van der Waals surface area contributed by atoms with Crippen LogP contribution in [0.4, 0.5) is 0 Å². The zero-order valence-corrected chi connectivity index (χ0v) is 18.5. The normalized spacial score (nSPS) is 11.6. The largest absolute Gasteiger partial charge is 0.455 e. The van der Waals surface area contributed by atoms with Gasteiger partial charge in [0.05, 0.1) is 5.56 Å². The van der Waals surface area contributed by atoms with Crippen molar-refractivity contribution in [2.45, 2.75) is 13.8 Å². The van der Waals surface area contributed by atoms with Crippen molar-refractivity contribution in [1.82, 2.24) is 0 Å². The lowest BCUT2D eigenvalue weighted by atomic mass is 9.97. The van der Waals surface area contributed by atoms with Gasteiger partial charge in [0.1, 0.15) is 18.2 Å². The van der Waals surface area contributed by atoms with Crippen molar-refractivity contribution in [2.75, 3.05) is 0 Å². The molecule has 2 heterocycles. The fraction of sp³-hybridized carbons (Fsp3) is 0.100. The Hall–Kier alpha value is -3.91. The Morgan fingerprint density at radius 3 is 2.38 bits per heavy atom. The van der Waals surface area contributed by atoms with Crippen LogP contribution in [-0.2, 0) is 7.05 Å². The zero-order valence-electron chi connectivity index (χ0n) is 18.5. The van der Waals surface area contributed by atoms with Gasteiger partial charge in [0.2, 0.25) is 5.69 Å². The van der Waals surface area contributed by atoms with Crippen molar-refractivity contribution in [2.24, 2.45) is 7.05 Å². The molecule has 0 saturated carbocycles. The third-order valence-electron chi connectivity index (χ3n) is 6.48. The number of furan rings is 1. The lowest BCUT2D eigenvalue weighted by Crippen LogP contribution is -2.30. The van der Waals surface area contributed by atoms with Crippen molar-refractivity contribution < 1.29 is 8.98 Å². The number of nitrogens with zero attached hydrogens (tertiary/aromatic N) is 1. The average molecular weight is 415 g/mol. The van der Waals surface area contributed by atoms with Crippen LogP contribution in [0.5, 0.6) is 0 Å². The van der Waals surface area contributed by atoms with E-state index >= 15 is 0 Å². The summed E-state index contributed by atoms with van der Waals surface area (Å²) >= 11 is 0. The van der Waals surface area contributed by atoms with E-state index in [4.69, 9.17) is 4.42 Å². The van der Waals surface area contributed by atoms with Gasteiger partial charge in [0, 0.05) is 22.9 Å². The summed E-state index contributed by atoms with van der Waals surface area (Å²) < 4.78 is 8.73. The van der Waals surface area contributed by atoms with Crippen LogP contribution in [0.2, 0.25) is 0 Å². The summed E-state index contributed by atoms with van der Waals surface area (Å²) in [4.78, 5) is 0. The van der Waals surface area contributed by atoms with Gasteiger partial charge in [-0.2, -0.15) is 0 Å². The molecule has 0 aliphatic carbocycles. The maximum Gasteiger partial charge on any atom is 0.216 e. The molecule has 2 aromatic heterocycles. The summed E-state index contributed by atoms with van der Waals surface area (Å²) in [6, 6.07) is 30.4. The van der Waals surface area contributed by atoms with Crippen LogP contribution >= 0.6 is 0 Å². The van der Waals surface area contributed by atoms with E-state index in [1.807, 2.05) is 0 Å². The van der Waals surface area contributed by atoms with E-state index < -0.39 is 0 Å². The Balaban J connectivity index is 1.65. The second-order valence-electron chi connectivity index (χ2n) is 8.71. The van der Waals surface area contributed by atoms with Gasteiger partial charge in [-0.05, 0) is 53.4 Å². The van der Waals surface area contributed by atoms with Crippen LogP contribution in [-0.4, -0.2) is 0 Å². The minimum Gasteiger partial charge on any atom is -0.455 e. The Morgan fingerprint density at radius 1 is 0.688 bits per heavy atom. The number of hydrogen-bond acceptors (Lipinski definition) is 1. The van der Waals surface area contributed by atoms with E-state index in [2.05, 4.69) is 117 Å². The Kier molecular flexibility index (Phi) is 4.16. The first-order chi connectivity index (χ1) is 15.6. The summed E-state index contributed by atoms with van der Waals surface area (Å²) in [5.41, 5.74) is 9.08. The number of pyridine rings is 1. The standard InChI is InChI=1S/C30H24NO/c1-19-9-11-22-18-28-26(16-24(22)15-19)25-12-10-20(2)29(30(25)32-28)27-17-23(13-14-31(27)3)21-7-5-4-6-8-21/h4-18H,1-3H3/q+1. The van der Waals surface area contributed by atoms with Gasteiger partial charge in [-0.1, -0.05) is 66.2 Å². The quantitative estimate of drug-likeness (QED) is 0.268. The predicted molar refractivity (Wildman–Crippen MR) is 133 cm³/mol. The molecule has 0 bridgehead atoms. The van der Waals surface area contributed by atoms with Crippen LogP contribution in [0.25, 0.3) is 55.1 Å². The van der Waals surface area contributed by atoms with E-state index in [0.717, 1.165) is 27.8 Å². The maximum absolute atomic E-state index is 6.54. The molecule has 6 rings (SSSR count). The molecule has 0 N–H and O–H groups in total. The Bertz CT molecular complexity index is 1640. The minimum absolute atomic E-state index is 0.935. The molecule has 0 amide bonds. The topological polar surface area (TPSA) is 17.0 Å². The average Bonchev–Trinajstić information content (AvgIpc) is 3.16. The summed E-state index contributed by atoms with van der Waals surface area (Å²) in [5, 5.41) is 4.78. The molecular formula is C30H24NO+. The van der Waals surface area contributed by atoms with Gasteiger partial charge in [0.15, 0.2) is 6.20 Å². The molecule has 6 aromatic rings. The number of fused-ring (bicyclic) bond motifs is 4. The van der Waals surface area contributed by atoms with Crippen LogP contribution in [0.15, 0.2) is 95.5 Å². The zero-order chi connectivity index (χ0) is 21.8. The van der Waals surface area contributed by atoms with Crippen molar-refractivity contribution in [3.05, 3.63) is 102 Å². The highest BCUT2D eigenvalue weighted by Gasteiger charge is 2.21. The van der Waals surface area contributed by atoms with Crippen molar-refractivity contribution >= 4 is 32.7 Å². The first kappa shape index (κ1) is 18.8. The number of benzene rings is 4. The van der Waals surface area contributed by atoms with E-state index in [1.54, 1.807) is 0 Å². The van der Waals surface area contributed by atoms with Crippen LogP contribution in [0.3, 0.4) is 0 Å². The highest BCUT2D eigenvalue weighted by molar-refractivity contribution is 6.13. The molecule has 4 aromatic carbocycles. The molecule has 0 saturated heterocycles. The summed E-state index contributed by atoms with van der Waals surface area (Å²) in [5.74, 6) is 0. The SMILES string of the molecule is Cc1ccc2cc3oc4c(-c5cc(-c6ccccc6)cc[n+]5C)c(C)ccc4c3cc2c1.